The van der Waals surface area contributed by atoms with E-state index < -0.39 is 0 Å². The third-order valence-electron chi connectivity index (χ3n) is 2.92. The first-order chi connectivity index (χ1) is 10.9. The zero-order chi connectivity index (χ0) is 15.0. The molecule has 0 N–H and O–H groups in total. The Kier molecular flexibility index (Phi) is 4.42. The molecule has 0 saturated heterocycles. The minimum absolute atomic E-state index is 0.780. The summed E-state index contributed by atoms with van der Waals surface area (Å²) in [6.45, 7) is 0. The van der Waals surface area contributed by atoms with Crippen LogP contribution in [0.3, 0.4) is 0 Å². The fourth-order valence-electron chi connectivity index (χ4n) is 1.81. The lowest BCUT2D eigenvalue weighted by Gasteiger charge is -1.95. The van der Waals surface area contributed by atoms with Gasteiger partial charge < -0.3 is 0 Å². The van der Waals surface area contributed by atoms with Gasteiger partial charge in [-0.1, -0.05) is 36.4 Å². The molecular weight excluding hydrogens is 272 g/mol. The number of nitrogens with zero attached hydrogens (tertiary/aromatic N) is 4. The Balaban J connectivity index is 1.68. The van der Waals surface area contributed by atoms with E-state index in [1.807, 2.05) is 84.9 Å². The minimum atomic E-state index is 0.780. The highest BCUT2D eigenvalue weighted by molar-refractivity contribution is 5.48. The van der Waals surface area contributed by atoms with Crippen LogP contribution in [0.2, 0.25) is 0 Å². The molecule has 0 aliphatic carbocycles. The number of benzene rings is 3. The van der Waals surface area contributed by atoms with Crippen molar-refractivity contribution in [1.29, 1.82) is 0 Å². The molecule has 3 aromatic rings. The molecule has 4 nitrogen and oxygen atoms in total. The summed E-state index contributed by atoms with van der Waals surface area (Å²) >= 11 is 0. The van der Waals surface area contributed by atoms with Gasteiger partial charge in [-0.2, -0.15) is 20.5 Å². The Hall–Kier alpha value is -3.14. The molecule has 0 amide bonds. The van der Waals surface area contributed by atoms with E-state index in [2.05, 4.69) is 20.5 Å². The second-order valence-corrected chi connectivity index (χ2v) is 4.59. The lowest BCUT2D eigenvalue weighted by molar-refractivity contribution is 1.21. The molecule has 4 heteroatoms. The highest BCUT2D eigenvalue weighted by atomic mass is 15.1. The summed E-state index contributed by atoms with van der Waals surface area (Å²) in [5.41, 5.74) is 3.22. The Morgan fingerprint density at radius 1 is 0.318 bits per heavy atom. The van der Waals surface area contributed by atoms with Gasteiger partial charge in [0.15, 0.2) is 0 Å². The van der Waals surface area contributed by atoms with E-state index in [1.165, 1.54) is 0 Å². The summed E-state index contributed by atoms with van der Waals surface area (Å²) in [6.07, 6.45) is 0. The van der Waals surface area contributed by atoms with Gasteiger partial charge in [0.25, 0.3) is 0 Å². The van der Waals surface area contributed by atoms with Crippen LogP contribution in [0.15, 0.2) is 105 Å². The second-order valence-electron chi connectivity index (χ2n) is 4.59. The first-order valence-electron chi connectivity index (χ1n) is 6.94. The molecule has 106 valence electrons. The summed E-state index contributed by atoms with van der Waals surface area (Å²) in [5.74, 6) is 0. The van der Waals surface area contributed by atoms with Crippen molar-refractivity contribution in [3.05, 3.63) is 84.9 Å². The molecule has 0 fully saturated rings. The van der Waals surface area contributed by atoms with Crippen molar-refractivity contribution >= 4 is 22.7 Å². The maximum Gasteiger partial charge on any atom is 0.0858 e. The van der Waals surface area contributed by atoms with Crippen LogP contribution in [0.4, 0.5) is 22.7 Å². The maximum atomic E-state index is 4.19. The molecular formula is C18H14N4. The summed E-state index contributed by atoms with van der Waals surface area (Å²) in [4.78, 5) is 0. The summed E-state index contributed by atoms with van der Waals surface area (Å²) in [5, 5.41) is 16.7. The van der Waals surface area contributed by atoms with Gasteiger partial charge in [0.2, 0.25) is 0 Å². The highest BCUT2D eigenvalue weighted by Crippen LogP contribution is 2.23. The molecule has 0 bridgehead atoms. The zero-order valence-corrected chi connectivity index (χ0v) is 11.9. The van der Waals surface area contributed by atoms with Crippen molar-refractivity contribution < 1.29 is 0 Å². The maximum absolute atomic E-state index is 4.19. The molecule has 0 atom stereocenters. The van der Waals surface area contributed by atoms with Crippen molar-refractivity contribution in [2.45, 2.75) is 0 Å². The molecule has 0 unspecified atom stereocenters. The van der Waals surface area contributed by atoms with E-state index >= 15 is 0 Å². The molecule has 3 aromatic carbocycles. The monoisotopic (exact) mass is 286 g/mol. The smallest absolute Gasteiger partial charge is 0.0858 e. The SMILES string of the molecule is c1ccc(/N=N/c2ccc(/N=N/c3ccccc3)cc2)cc1. The van der Waals surface area contributed by atoms with E-state index in [0.717, 1.165) is 22.7 Å². The predicted octanol–water partition coefficient (Wildman–Crippen LogP) is 6.52. The number of azo groups is 2. The Bertz CT molecular complexity index is 695. The zero-order valence-electron chi connectivity index (χ0n) is 11.9. The van der Waals surface area contributed by atoms with Crippen LogP contribution in [0, 0.1) is 0 Å². The first-order valence-corrected chi connectivity index (χ1v) is 6.94. The van der Waals surface area contributed by atoms with Crippen molar-refractivity contribution in [2.75, 3.05) is 0 Å². The fraction of sp³-hybridized carbons (Fsp3) is 0. The van der Waals surface area contributed by atoms with E-state index in [9.17, 15) is 0 Å². The molecule has 22 heavy (non-hydrogen) atoms. The van der Waals surface area contributed by atoms with Crippen molar-refractivity contribution in [3.63, 3.8) is 0 Å². The van der Waals surface area contributed by atoms with Gasteiger partial charge in [0.05, 0.1) is 22.7 Å². The minimum Gasteiger partial charge on any atom is -0.151 e. The largest absolute Gasteiger partial charge is 0.151 e. The third kappa shape index (κ3) is 3.93. The van der Waals surface area contributed by atoms with Gasteiger partial charge in [0.1, 0.15) is 0 Å². The van der Waals surface area contributed by atoms with Crippen molar-refractivity contribution in [1.82, 2.24) is 0 Å². The van der Waals surface area contributed by atoms with Gasteiger partial charge >= 0.3 is 0 Å². The summed E-state index contributed by atoms with van der Waals surface area (Å²) in [7, 11) is 0. The third-order valence-corrected chi connectivity index (χ3v) is 2.92. The molecule has 0 saturated carbocycles. The van der Waals surface area contributed by atoms with Crippen LogP contribution in [0.25, 0.3) is 0 Å². The van der Waals surface area contributed by atoms with Gasteiger partial charge in [0, 0.05) is 0 Å². The highest BCUT2D eigenvalue weighted by Gasteiger charge is 1.93. The van der Waals surface area contributed by atoms with Crippen LogP contribution in [0.5, 0.6) is 0 Å². The second kappa shape index (κ2) is 7.04. The lowest BCUT2D eigenvalue weighted by Crippen LogP contribution is -1.66. The normalized spacial score (nSPS) is 11.3. The number of rotatable bonds is 4. The van der Waals surface area contributed by atoms with E-state index in [4.69, 9.17) is 0 Å². The Labute approximate surface area is 128 Å². The molecule has 0 aromatic heterocycles. The molecule has 0 aliphatic rings. The van der Waals surface area contributed by atoms with Gasteiger partial charge in [-0.25, -0.2) is 0 Å². The lowest BCUT2D eigenvalue weighted by atomic mass is 10.3. The van der Waals surface area contributed by atoms with Crippen LogP contribution in [-0.2, 0) is 0 Å². The topological polar surface area (TPSA) is 49.4 Å². The van der Waals surface area contributed by atoms with E-state index in [1.54, 1.807) is 0 Å². The van der Waals surface area contributed by atoms with Gasteiger partial charge in [-0.3, -0.25) is 0 Å². The average Bonchev–Trinajstić information content (AvgIpc) is 2.61. The Morgan fingerprint density at radius 2 is 0.591 bits per heavy atom. The van der Waals surface area contributed by atoms with E-state index in [0.29, 0.717) is 0 Å². The van der Waals surface area contributed by atoms with Crippen LogP contribution in [-0.4, -0.2) is 0 Å². The summed E-state index contributed by atoms with van der Waals surface area (Å²) < 4.78 is 0. The number of hydrogen-bond donors (Lipinski definition) is 0. The molecule has 0 heterocycles. The average molecular weight is 286 g/mol. The molecule has 0 spiro atoms. The fourth-order valence-corrected chi connectivity index (χ4v) is 1.81. The molecule has 0 aliphatic heterocycles. The van der Waals surface area contributed by atoms with Crippen LogP contribution < -0.4 is 0 Å². The molecule has 3 rings (SSSR count). The first kappa shape index (κ1) is 13.8. The van der Waals surface area contributed by atoms with Crippen molar-refractivity contribution in [2.24, 2.45) is 20.5 Å². The van der Waals surface area contributed by atoms with Gasteiger partial charge in [-0.05, 0) is 48.5 Å². The van der Waals surface area contributed by atoms with Gasteiger partial charge in [-0.15, -0.1) is 0 Å². The van der Waals surface area contributed by atoms with Crippen LogP contribution in [0.1, 0.15) is 0 Å². The number of hydrogen-bond acceptors (Lipinski definition) is 4. The molecule has 0 radical (unpaired) electrons. The summed E-state index contributed by atoms with van der Waals surface area (Å²) in [6, 6.07) is 26.7. The standard InChI is InChI=1S/C18H14N4/c1-3-7-15(8-4-1)19-21-17-11-13-18(14-12-17)22-20-16-9-5-2-6-10-16/h1-14H/b21-19+,22-20+. The quantitative estimate of drug-likeness (QED) is 0.490. The predicted molar refractivity (Wildman–Crippen MR) is 87.7 cm³/mol. The van der Waals surface area contributed by atoms with E-state index in [-0.39, 0.29) is 0 Å². The van der Waals surface area contributed by atoms with Crippen LogP contribution >= 0.6 is 0 Å². The van der Waals surface area contributed by atoms with Crippen molar-refractivity contribution in [3.8, 4) is 0 Å². The Morgan fingerprint density at radius 3 is 0.909 bits per heavy atom.